The lowest BCUT2D eigenvalue weighted by Gasteiger charge is -2.17. The highest BCUT2D eigenvalue weighted by molar-refractivity contribution is 7.11. The fraction of sp³-hybridized carbons (Fsp3) is 0.471. The molecule has 4 heteroatoms. The first kappa shape index (κ1) is 14.4. The normalized spacial score (nSPS) is 22.7. The monoisotopic (exact) mass is 301 g/mol. The summed E-state index contributed by atoms with van der Waals surface area (Å²) in [5.41, 5.74) is 8.30. The van der Waals surface area contributed by atoms with E-state index in [4.69, 9.17) is 5.73 Å². The summed E-state index contributed by atoms with van der Waals surface area (Å²) in [6.45, 7) is 2.36. The van der Waals surface area contributed by atoms with Crippen molar-refractivity contribution in [3.8, 4) is 11.1 Å². The third-order valence-electron chi connectivity index (χ3n) is 4.37. The number of anilines is 2. The summed E-state index contributed by atoms with van der Waals surface area (Å²) in [5, 5.41) is 4.83. The van der Waals surface area contributed by atoms with Gasteiger partial charge in [0.05, 0.1) is 5.56 Å². The van der Waals surface area contributed by atoms with Crippen molar-refractivity contribution in [1.82, 2.24) is 4.37 Å². The van der Waals surface area contributed by atoms with Gasteiger partial charge >= 0.3 is 0 Å². The zero-order chi connectivity index (χ0) is 14.7. The SMILES string of the molecule is CC1CCCC(Nc2snc(N)c2-c2ccccc2)CC1. The molecular formula is C17H23N3S. The standard InChI is InChI=1S/C17H23N3S/c1-12-6-5-9-14(11-10-12)19-17-15(16(18)20-21-17)13-7-3-2-4-8-13/h2-4,7-8,12,14,19H,5-6,9-11H2,1H3,(H2,18,20). The van der Waals surface area contributed by atoms with Gasteiger partial charge in [-0.2, -0.15) is 4.37 Å². The molecule has 1 saturated carbocycles. The number of nitrogen functional groups attached to an aromatic ring is 1. The summed E-state index contributed by atoms with van der Waals surface area (Å²) in [5.74, 6) is 1.49. The second-order valence-electron chi connectivity index (χ2n) is 6.09. The predicted octanol–water partition coefficient (Wildman–Crippen LogP) is 4.77. The van der Waals surface area contributed by atoms with Gasteiger partial charge in [0, 0.05) is 6.04 Å². The number of nitrogens with one attached hydrogen (secondary N) is 1. The zero-order valence-electron chi connectivity index (χ0n) is 12.5. The summed E-state index contributed by atoms with van der Waals surface area (Å²) in [6.07, 6.45) is 6.47. The van der Waals surface area contributed by atoms with Gasteiger partial charge in [-0.3, -0.25) is 0 Å². The maximum atomic E-state index is 6.09. The van der Waals surface area contributed by atoms with Crippen LogP contribution in [0.5, 0.6) is 0 Å². The first-order valence-electron chi connectivity index (χ1n) is 7.81. The molecule has 112 valence electrons. The van der Waals surface area contributed by atoms with E-state index in [9.17, 15) is 0 Å². The maximum absolute atomic E-state index is 6.09. The third-order valence-corrected chi connectivity index (χ3v) is 5.17. The third kappa shape index (κ3) is 3.38. The number of rotatable bonds is 3. The van der Waals surface area contributed by atoms with Crippen molar-refractivity contribution >= 4 is 22.4 Å². The number of nitrogens with two attached hydrogens (primary N) is 1. The lowest BCUT2D eigenvalue weighted by molar-refractivity contribution is 0.502. The molecule has 3 rings (SSSR count). The maximum Gasteiger partial charge on any atom is 0.147 e. The Morgan fingerprint density at radius 3 is 2.76 bits per heavy atom. The summed E-state index contributed by atoms with van der Waals surface area (Å²) in [6, 6.07) is 10.9. The molecule has 1 fully saturated rings. The smallest absolute Gasteiger partial charge is 0.147 e. The summed E-state index contributed by atoms with van der Waals surface area (Å²) >= 11 is 1.49. The molecule has 0 aliphatic heterocycles. The van der Waals surface area contributed by atoms with E-state index in [0.29, 0.717) is 11.9 Å². The Labute approximate surface area is 130 Å². The van der Waals surface area contributed by atoms with Crippen LogP contribution in [-0.4, -0.2) is 10.4 Å². The Balaban J connectivity index is 1.80. The molecule has 1 aromatic heterocycles. The van der Waals surface area contributed by atoms with Crippen molar-refractivity contribution in [3.05, 3.63) is 30.3 Å². The molecule has 2 aromatic rings. The van der Waals surface area contributed by atoms with Crippen LogP contribution in [0, 0.1) is 5.92 Å². The molecule has 1 aliphatic carbocycles. The van der Waals surface area contributed by atoms with Crippen molar-refractivity contribution in [2.45, 2.75) is 45.1 Å². The van der Waals surface area contributed by atoms with Crippen molar-refractivity contribution in [2.75, 3.05) is 11.1 Å². The molecule has 2 atom stereocenters. The number of hydrogen-bond donors (Lipinski definition) is 2. The van der Waals surface area contributed by atoms with Crippen LogP contribution in [-0.2, 0) is 0 Å². The fourth-order valence-electron chi connectivity index (χ4n) is 3.10. The van der Waals surface area contributed by atoms with Gasteiger partial charge in [-0.25, -0.2) is 0 Å². The van der Waals surface area contributed by atoms with Gasteiger partial charge in [0.25, 0.3) is 0 Å². The van der Waals surface area contributed by atoms with Gasteiger partial charge in [-0.1, -0.05) is 50.1 Å². The van der Waals surface area contributed by atoms with E-state index in [-0.39, 0.29) is 0 Å². The van der Waals surface area contributed by atoms with E-state index in [1.807, 2.05) is 18.2 Å². The van der Waals surface area contributed by atoms with E-state index in [1.54, 1.807) is 0 Å². The summed E-state index contributed by atoms with van der Waals surface area (Å²) in [7, 11) is 0. The summed E-state index contributed by atoms with van der Waals surface area (Å²) in [4.78, 5) is 0. The largest absolute Gasteiger partial charge is 0.382 e. The molecule has 2 unspecified atom stereocenters. The molecule has 0 spiro atoms. The molecule has 0 saturated heterocycles. The Morgan fingerprint density at radius 1 is 1.14 bits per heavy atom. The summed E-state index contributed by atoms with van der Waals surface area (Å²) < 4.78 is 4.35. The molecule has 21 heavy (non-hydrogen) atoms. The van der Waals surface area contributed by atoms with Gasteiger partial charge < -0.3 is 11.1 Å². The zero-order valence-corrected chi connectivity index (χ0v) is 13.3. The van der Waals surface area contributed by atoms with Crippen LogP contribution >= 0.6 is 11.5 Å². The molecule has 0 amide bonds. The van der Waals surface area contributed by atoms with Gasteiger partial charge in [0.1, 0.15) is 10.8 Å². The van der Waals surface area contributed by atoms with Crippen molar-refractivity contribution in [3.63, 3.8) is 0 Å². The molecule has 1 aromatic carbocycles. The average molecular weight is 301 g/mol. The second-order valence-corrected chi connectivity index (χ2v) is 6.87. The van der Waals surface area contributed by atoms with E-state index < -0.39 is 0 Å². The molecule has 1 aliphatic rings. The Kier molecular flexibility index (Phi) is 4.44. The fourth-order valence-corrected chi connectivity index (χ4v) is 3.92. The number of benzene rings is 1. The molecule has 1 heterocycles. The lowest BCUT2D eigenvalue weighted by Crippen LogP contribution is -2.18. The van der Waals surface area contributed by atoms with Crippen LogP contribution in [0.1, 0.15) is 39.0 Å². The van der Waals surface area contributed by atoms with Gasteiger partial charge in [0.2, 0.25) is 0 Å². The van der Waals surface area contributed by atoms with E-state index in [0.717, 1.165) is 22.0 Å². The first-order valence-corrected chi connectivity index (χ1v) is 8.58. The minimum atomic E-state index is 0.553. The first-order chi connectivity index (χ1) is 10.2. The average Bonchev–Trinajstić information content (AvgIpc) is 2.72. The van der Waals surface area contributed by atoms with Gasteiger partial charge in [-0.15, -0.1) is 0 Å². The van der Waals surface area contributed by atoms with Crippen molar-refractivity contribution in [1.29, 1.82) is 0 Å². The molecule has 0 bridgehead atoms. The Morgan fingerprint density at radius 2 is 1.95 bits per heavy atom. The van der Waals surface area contributed by atoms with Gasteiger partial charge in [-0.05, 0) is 42.3 Å². The van der Waals surface area contributed by atoms with Crippen LogP contribution in [0.2, 0.25) is 0 Å². The molecule has 3 nitrogen and oxygen atoms in total. The minimum Gasteiger partial charge on any atom is -0.382 e. The number of hydrogen-bond acceptors (Lipinski definition) is 4. The van der Waals surface area contributed by atoms with Crippen molar-refractivity contribution in [2.24, 2.45) is 5.92 Å². The lowest BCUT2D eigenvalue weighted by atomic mass is 10.0. The molecule has 3 N–H and O–H groups in total. The van der Waals surface area contributed by atoms with Crippen LogP contribution in [0.25, 0.3) is 11.1 Å². The van der Waals surface area contributed by atoms with Gasteiger partial charge in [0.15, 0.2) is 0 Å². The highest BCUT2D eigenvalue weighted by Crippen LogP contribution is 2.38. The number of aromatic nitrogens is 1. The van der Waals surface area contributed by atoms with E-state index in [1.165, 1.54) is 43.6 Å². The second kappa shape index (κ2) is 6.48. The van der Waals surface area contributed by atoms with Crippen molar-refractivity contribution < 1.29 is 0 Å². The quantitative estimate of drug-likeness (QED) is 0.803. The van der Waals surface area contributed by atoms with E-state index in [2.05, 4.69) is 28.7 Å². The number of nitrogens with zero attached hydrogens (tertiary/aromatic N) is 1. The topological polar surface area (TPSA) is 50.9 Å². The molecule has 0 radical (unpaired) electrons. The minimum absolute atomic E-state index is 0.553. The Hall–Kier alpha value is -1.55. The highest BCUT2D eigenvalue weighted by atomic mass is 32.1. The Bertz CT molecular complexity index is 579. The van der Waals surface area contributed by atoms with E-state index >= 15 is 0 Å². The predicted molar refractivity (Wildman–Crippen MR) is 91.6 cm³/mol. The van der Waals surface area contributed by atoms with Crippen LogP contribution in [0.15, 0.2) is 30.3 Å². The van der Waals surface area contributed by atoms with Crippen LogP contribution < -0.4 is 11.1 Å². The van der Waals surface area contributed by atoms with Crippen LogP contribution in [0.4, 0.5) is 10.8 Å². The highest BCUT2D eigenvalue weighted by Gasteiger charge is 2.20. The van der Waals surface area contributed by atoms with Crippen LogP contribution in [0.3, 0.4) is 0 Å². The molecular weight excluding hydrogens is 278 g/mol.